The van der Waals surface area contributed by atoms with E-state index < -0.39 is 0 Å². The standard InChI is InChI=1S/C15H21NO3/c1-12(13-6-3-2-4-7-13)16-10-14(8-5-9-17)19-11-15(16)18/h2-4,6-7,12,14,17H,5,8-11H2,1H3. The molecule has 0 radical (unpaired) electrons. The van der Waals surface area contributed by atoms with E-state index in [2.05, 4.69) is 0 Å². The number of aliphatic hydroxyl groups excluding tert-OH is 1. The lowest BCUT2D eigenvalue weighted by atomic mass is 10.0. The van der Waals surface area contributed by atoms with E-state index in [0.29, 0.717) is 13.0 Å². The molecular weight excluding hydrogens is 242 g/mol. The van der Waals surface area contributed by atoms with E-state index in [1.54, 1.807) is 0 Å². The molecule has 0 aliphatic carbocycles. The Labute approximate surface area is 114 Å². The lowest BCUT2D eigenvalue weighted by molar-refractivity contribution is -0.152. The summed E-state index contributed by atoms with van der Waals surface area (Å²) in [6.45, 7) is 2.96. The predicted octanol–water partition coefficient (Wildman–Crippen LogP) is 1.75. The molecule has 104 valence electrons. The molecule has 1 saturated heterocycles. The van der Waals surface area contributed by atoms with Crippen LogP contribution in [0.2, 0.25) is 0 Å². The van der Waals surface area contributed by atoms with E-state index >= 15 is 0 Å². The first-order chi connectivity index (χ1) is 9.22. The molecule has 1 fully saturated rings. The zero-order chi connectivity index (χ0) is 13.7. The number of nitrogens with zero attached hydrogens (tertiary/aromatic N) is 1. The molecule has 1 aromatic carbocycles. The highest BCUT2D eigenvalue weighted by atomic mass is 16.5. The van der Waals surface area contributed by atoms with Crippen molar-refractivity contribution in [2.75, 3.05) is 19.8 Å². The minimum atomic E-state index is 0.0380. The lowest BCUT2D eigenvalue weighted by Crippen LogP contribution is -2.47. The number of aliphatic hydroxyl groups is 1. The maximum atomic E-state index is 12.0. The van der Waals surface area contributed by atoms with Gasteiger partial charge in [0.05, 0.1) is 12.1 Å². The Morgan fingerprint density at radius 3 is 2.84 bits per heavy atom. The van der Waals surface area contributed by atoms with Crippen molar-refractivity contribution in [3.63, 3.8) is 0 Å². The van der Waals surface area contributed by atoms with Crippen molar-refractivity contribution in [3.8, 4) is 0 Å². The van der Waals surface area contributed by atoms with Crippen LogP contribution in [0.4, 0.5) is 0 Å². The van der Waals surface area contributed by atoms with Gasteiger partial charge in [-0.25, -0.2) is 0 Å². The summed E-state index contributed by atoms with van der Waals surface area (Å²) < 4.78 is 5.51. The number of rotatable bonds is 5. The topological polar surface area (TPSA) is 49.8 Å². The highest BCUT2D eigenvalue weighted by molar-refractivity contribution is 5.78. The summed E-state index contributed by atoms with van der Waals surface area (Å²) in [4.78, 5) is 13.9. The number of hydrogen-bond acceptors (Lipinski definition) is 3. The van der Waals surface area contributed by atoms with Gasteiger partial charge in [0.25, 0.3) is 0 Å². The van der Waals surface area contributed by atoms with Crippen molar-refractivity contribution in [1.82, 2.24) is 4.90 Å². The van der Waals surface area contributed by atoms with Crippen LogP contribution in [0.25, 0.3) is 0 Å². The number of morpholine rings is 1. The summed E-state index contributed by atoms with van der Waals surface area (Å²) in [6.07, 6.45) is 1.55. The van der Waals surface area contributed by atoms with Crippen LogP contribution in [0.1, 0.15) is 31.4 Å². The quantitative estimate of drug-likeness (QED) is 0.880. The average Bonchev–Trinajstić information content (AvgIpc) is 2.46. The van der Waals surface area contributed by atoms with E-state index in [1.165, 1.54) is 0 Å². The van der Waals surface area contributed by atoms with Gasteiger partial charge in [-0.15, -0.1) is 0 Å². The van der Waals surface area contributed by atoms with Crippen LogP contribution in [-0.4, -0.2) is 41.8 Å². The lowest BCUT2D eigenvalue weighted by Gasteiger charge is -2.37. The number of amides is 1. The van der Waals surface area contributed by atoms with Crippen molar-refractivity contribution in [1.29, 1.82) is 0 Å². The van der Waals surface area contributed by atoms with Crippen LogP contribution in [0, 0.1) is 0 Å². The molecule has 0 saturated carbocycles. The van der Waals surface area contributed by atoms with Gasteiger partial charge in [-0.2, -0.15) is 0 Å². The molecule has 1 amide bonds. The molecule has 1 aromatic rings. The van der Waals surface area contributed by atoms with Crippen molar-refractivity contribution in [2.24, 2.45) is 0 Å². The second-order valence-electron chi connectivity index (χ2n) is 4.93. The Morgan fingerprint density at radius 1 is 1.42 bits per heavy atom. The zero-order valence-corrected chi connectivity index (χ0v) is 11.3. The van der Waals surface area contributed by atoms with Gasteiger partial charge < -0.3 is 14.7 Å². The number of carbonyl (C=O) groups excluding carboxylic acids is 1. The Bertz CT molecular complexity index is 407. The minimum absolute atomic E-state index is 0.0380. The molecule has 4 heteroatoms. The van der Waals surface area contributed by atoms with Gasteiger partial charge >= 0.3 is 0 Å². The van der Waals surface area contributed by atoms with E-state index in [4.69, 9.17) is 9.84 Å². The second kappa shape index (κ2) is 6.68. The summed E-state index contributed by atoms with van der Waals surface area (Å²) in [7, 11) is 0. The van der Waals surface area contributed by atoms with Crippen LogP contribution < -0.4 is 0 Å². The van der Waals surface area contributed by atoms with Crippen LogP contribution >= 0.6 is 0 Å². The third kappa shape index (κ3) is 3.55. The molecule has 0 bridgehead atoms. The molecule has 2 unspecified atom stereocenters. The first-order valence-electron chi connectivity index (χ1n) is 6.79. The van der Waals surface area contributed by atoms with Crippen molar-refractivity contribution in [2.45, 2.75) is 31.9 Å². The molecule has 0 aromatic heterocycles. The van der Waals surface area contributed by atoms with E-state index in [-0.39, 0.29) is 31.3 Å². The minimum Gasteiger partial charge on any atom is -0.396 e. The van der Waals surface area contributed by atoms with Gasteiger partial charge in [-0.05, 0) is 25.3 Å². The fourth-order valence-corrected chi connectivity index (χ4v) is 2.43. The third-order valence-electron chi connectivity index (χ3n) is 3.60. The average molecular weight is 263 g/mol. The van der Waals surface area contributed by atoms with E-state index in [1.807, 2.05) is 42.2 Å². The molecule has 1 heterocycles. The molecule has 2 atom stereocenters. The number of carbonyl (C=O) groups is 1. The molecule has 4 nitrogen and oxygen atoms in total. The Hall–Kier alpha value is -1.39. The predicted molar refractivity (Wildman–Crippen MR) is 72.6 cm³/mol. The summed E-state index contributed by atoms with van der Waals surface area (Å²) in [5, 5.41) is 8.87. The van der Waals surface area contributed by atoms with Gasteiger partial charge in [0, 0.05) is 13.2 Å². The van der Waals surface area contributed by atoms with Crippen molar-refractivity contribution >= 4 is 5.91 Å². The second-order valence-corrected chi connectivity index (χ2v) is 4.93. The van der Waals surface area contributed by atoms with Gasteiger partial charge in [0.2, 0.25) is 5.91 Å². The summed E-state index contributed by atoms with van der Waals surface area (Å²) in [5.74, 6) is 0.0385. The maximum Gasteiger partial charge on any atom is 0.249 e. The number of hydrogen-bond donors (Lipinski definition) is 1. The van der Waals surface area contributed by atoms with E-state index in [0.717, 1.165) is 12.0 Å². The fourth-order valence-electron chi connectivity index (χ4n) is 2.43. The SMILES string of the molecule is CC(c1ccccc1)N1CC(CCCO)OCC1=O. The third-order valence-corrected chi connectivity index (χ3v) is 3.60. The Morgan fingerprint density at radius 2 is 2.16 bits per heavy atom. The normalized spacial score (nSPS) is 21.5. The fraction of sp³-hybridized carbons (Fsp3) is 0.533. The van der Waals surface area contributed by atoms with Crippen LogP contribution in [0.3, 0.4) is 0 Å². The smallest absolute Gasteiger partial charge is 0.249 e. The summed E-state index contributed by atoms with van der Waals surface area (Å²) in [6, 6.07) is 10.1. The first-order valence-corrected chi connectivity index (χ1v) is 6.79. The van der Waals surface area contributed by atoms with Crippen LogP contribution in [0.15, 0.2) is 30.3 Å². The van der Waals surface area contributed by atoms with Crippen LogP contribution in [0.5, 0.6) is 0 Å². The highest BCUT2D eigenvalue weighted by Crippen LogP contribution is 2.24. The van der Waals surface area contributed by atoms with Gasteiger partial charge in [-0.1, -0.05) is 30.3 Å². The Kier molecular flexibility index (Phi) is 4.93. The van der Waals surface area contributed by atoms with Gasteiger partial charge in [0.1, 0.15) is 6.61 Å². The monoisotopic (exact) mass is 263 g/mol. The van der Waals surface area contributed by atoms with Crippen molar-refractivity contribution in [3.05, 3.63) is 35.9 Å². The zero-order valence-electron chi connectivity index (χ0n) is 11.3. The van der Waals surface area contributed by atoms with E-state index in [9.17, 15) is 4.79 Å². The highest BCUT2D eigenvalue weighted by Gasteiger charge is 2.29. The van der Waals surface area contributed by atoms with Gasteiger partial charge in [-0.3, -0.25) is 4.79 Å². The maximum absolute atomic E-state index is 12.0. The number of ether oxygens (including phenoxy) is 1. The van der Waals surface area contributed by atoms with Crippen molar-refractivity contribution < 1.29 is 14.6 Å². The largest absolute Gasteiger partial charge is 0.396 e. The Balaban J connectivity index is 2.02. The van der Waals surface area contributed by atoms with Crippen LogP contribution in [-0.2, 0) is 9.53 Å². The summed E-state index contributed by atoms with van der Waals surface area (Å²) >= 11 is 0. The molecule has 2 rings (SSSR count). The molecule has 19 heavy (non-hydrogen) atoms. The number of benzene rings is 1. The first kappa shape index (κ1) is 14.0. The molecule has 1 N–H and O–H groups in total. The summed E-state index contributed by atoms with van der Waals surface area (Å²) in [5.41, 5.74) is 1.14. The molecule has 1 aliphatic rings. The molecule has 0 spiro atoms. The molecule has 1 aliphatic heterocycles. The van der Waals surface area contributed by atoms with Gasteiger partial charge in [0.15, 0.2) is 0 Å². The molecular formula is C15H21NO3.